The molecule has 2 amide bonds. The van der Waals surface area contributed by atoms with E-state index in [1.165, 1.54) is 0 Å². The van der Waals surface area contributed by atoms with Crippen LogP contribution in [0.1, 0.15) is 18.5 Å². The first-order chi connectivity index (χ1) is 10.2. The Kier molecular flexibility index (Phi) is 3.84. The van der Waals surface area contributed by atoms with Gasteiger partial charge in [0, 0.05) is 42.0 Å². The van der Waals surface area contributed by atoms with Gasteiger partial charge in [-0.25, -0.2) is 4.79 Å². The number of aliphatic hydroxyl groups excluding tert-OH is 1. The summed E-state index contributed by atoms with van der Waals surface area (Å²) in [6, 6.07) is 7.84. The molecule has 3 rings (SSSR count). The molecule has 5 nitrogen and oxygen atoms in total. The molecule has 1 aliphatic heterocycles. The van der Waals surface area contributed by atoms with Crippen LogP contribution in [-0.4, -0.2) is 40.7 Å². The summed E-state index contributed by atoms with van der Waals surface area (Å²) in [6.07, 6.45) is 1.95. The Morgan fingerprint density at radius 3 is 3.14 bits per heavy atom. The van der Waals surface area contributed by atoms with Crippen LogP contribution in [0.5, 0.6) is 0 Å². The number of likely N-dealkylation sites (tertiary alicyclic amines) is 1. The van der Waals surface area contributed by atoms with Gasteiger partial charge in [0.05, 0.1) is 0 Å². The van der Waals surface area contributed by atoms with Crippen molar-refractivity contribution in [3.63, 3.8) is 0 Å². The molecular weight excluding hydrogens is 266 g/mol. The smallest absolute Gasteiger partial charge is 0.321 e. The lowest BCUT2D eigenvalue weighted by molar-refractivity contribution is 0.136. The topological polar surface area (TPSA) is 68.4 Å². The number of aromatic amines is 1. The van der Waals surface area contributed by atoms with Crippen LogP contribution < -0.4 is 5.32 Å². The highest BCUT2D eigenvalue weighted by molar-refractivity contribution is 5.93. The number of benzene rings is 1. The quantitative estimate of drug-likeness (QED) is 0.795. The van der Waals surface area contributed by atoms with Gasteiger partial charge in [-0.05, 0) is 49.9 Å². The fourth-order valence-electron chi connectivity index (χ4n) is 2.96. The van der Waals surface area contributed by atoms with Crippen LogP contribution in [0.4, 0.5) is 10.5 Å². The maximum Gasteiger partial charge on any atom is 0.321 e. The van der Waals surface area contributed by atoms with Crippen LogP contribution in [-0.2, 0) is 0 Å². The van der Waals surface area contributed by atoms with Crippen molar-refractivity contribution in [3.05, 3.63) is 30.0 Å². The molecule has 1 saturated heterocycles. The zero-order valence-corrected chi connectivity index (χ0v) is 12.2. The minimum Gasteiger partial charge on any atom is -0.396 e. The van der Waals surface area contributed by atoms with Crippen LogP contribution in [0.3, 0.4) is 0 Å². The Hall–Kier alpha value is -2.01. The summed E-state index contributed by atoms with van der Waals surface area (Å²) in [6.45, 7) is 3.56. The molecule has 2 aromatic rings. The zero-order chi connectivity index (χ0) is 14.8. The maximum atomic E-state index is 12.3. The number of hydrogen-bond acceptors (Lipinski definition) is 2. The van der Waals surface area contributed by atoms with E-state index in [1.807, 2.05) is 25.1 Å². The second kappa shape index (κ2) is 5.77. The number of H-pyrrole nitrogens is 1. The average molecular weight is 287 g/mol. The van der Waals surface area contributed by atoms with E-state index in [-0.39, 0.29) is 18.6 Å². The standard InChI is InChI=1S/C16H21N3O2/c1-11-7-13-8-14(4-5-15(13)17-11)18-16(21)19-6-2-3-12(9-19)10-20/h4-5,7-8,12,17,20H,2-3,6,9-10H2,1H3,(H,18,21). The molecule has 5 heteroatoms. The molecule has 0 radical (unpaired) electrons. The highest BCUT2D eigenvalue weighted by Crippen LogP contribution is 2.21. The Morgan fingerprint density at radius 2 is 2.33 bits per heavy atom. The van der Waals surface area contributed by atoms with Crippen molar-refractivity contribution in [1.82, 2.24) is 9.88 Å². The summed E-state index contributed by atoms with van der Waals surface area (Å²) in [4.78, 5) is 17.3. The number of urea groups is 1. The molecule has 0 spiro atoms. The number of fused-ring (bicyclic) bond motifs is 1. The number of carbonyl (C=O) groups excluding carboxylic acids is 1. The number of nitrogens with zero attached hydrogens (tertiary/aromatic N) is 1. The van der Waals surface area contributed by atoms with Gasteiger partial charge in [0.2, 0.25) is 0 Å². The SMILES string of the molecule is Cc1cc2cc(NC(=O)N3CCCC(CO)C3)ccc2[nH]1. The lowest BCUT2D eigenvalue weighted by atomic mass is 9.99. The molecule has 0 saturated carbocycles. The summed E-state index contributed by atoms with van der Waals surface area (Å²) >= 11 is 0. The first-order valence-electron chi connectivity index (χ1n) is 7.42. The van der Waals surface area contributed by atoms with E-state index in [4.69, 9.17) is 0 Å². The predicted molar refractivity (Wildman–Crippen MR) is 83.4 cm³/mol. The molecule has 0 aliphatic carbocycles. The van der Waals surface area contributed by atoms with E-state index < -0.39 is 0 Å². The number of anilines is 1. The fraction of sp³-hybridized carbons (Fsp3) is 0.438. The molecular formula is C16H21N3O2. The summed E-state index contributed by atoms with van der Waals surface area (Å²) in [5.74, 6) is 0.208. The van der Waals surface area contributed by atoms with Gasteiger partial charge in [-0.3, -0.25) is 0 Å². The van der Waals surface area contributed by atoms with E-state index in [9.17, 15) is 9.90 Å². The van der Waals surface area contributed by atoms with Crippen molar-refractivity contribution >= 4 is 22.6 Å². The van der Waals surface area contributed by atoms with Gasteiger partial charge in [-0.1, -0.05) is 0 Å². The number of aliphatic hydroxyl groups is 1. The third-order valence-electron chi connectivity index (χ3n) is 4.07. The Morgan fingerprint density at radius 1 is 1.48 bits per heavy atom. The van der Waals surface area contributed by atoms with E-state index >= 15 is 0 Å². The zero-order valence-electron chi connectivity index (χ0n) is 12.2. The van der Waals surface area contributed by atoms with Crippen molar-refractivity contribution in [1.29, 1.82) is 0 Å². The molecule has 3 N–H and O–H groups in total. The van der Waals surface area contributed by atoms with Gasteiger partial charge in [0.25, 0.3) is 0 Å². The lowest BCUT2D eigenvalue weighted by Crippen LogP contribution is -2.43. The first-order valence-corrected chi connectivity index (χ1v) is 7.42. The third-order valence-corrected chi connectivity index (χ3v) is 4.07. The van der Waals surface area contributed by atoms with Crippen LogP contribution in [0.25, 0.3) is 10.9 Å². The predicted octanol–water partition coefficient (Wildman–Crippen LogP) is 2.71. The highest BCUT2D eigenvalue weighted by atomic mass is 16.3. The van der Waals surface area contributed by atoms with E-state index in [0.29, 0.717) is 6.54 Å². The molecule has 0 bridgehead atoms. The van der Waals surface area contributed by atoms with Gasteiger partial charge in [-0.2, -0.15) is 0 Å². The van der Waals surface area contributed by atoms with E-state index in [0.717, 1.165) is 41.7 Å². The third kappa shape index (κ3) is 3.03. The molecule has 1 aromatic heterocycles. The number of aryl methyl sites for hydroxylation is 1. The average Bonchev–Trinajstić information content (AvgIpc) is 2.86. The number of carbonyl (C=O) groups is 1. The molecule has 1 fully saturated rings. The Labute approximate surface area is 124 Å². The molecule has 1 unspecified atom stereocenters. The first kappa shape index (κ1) is 13.9. The Bertz CT molecular complexity index is 650. The van der Waals surface area contributed by atoms with Crippen LogP contribution in [0, 0.1) is 12.8 Å². The minimum absolute atomic E-state index is 0.0836. The molecule has 21 heavy (non-hydrogen) atoms. The summed E-state index contributed by atoms with van der Waals surface area (Å²) < 4.78 is 0. The van der Waals surface area contributed by atoms with E-state index in [2.05, 4.69) is 16.4 Å². The molecule has 1 aromatic carbocycles. The largest absolute Gasteiger partial charge is 0.396 e. The number of nitrogens with one attached hydrogen (secondary N) is 2. The summed E-state index contributed by atoms with van der Waals surface area (Å²) in [5, 5.41) is 13.3. The van der Waals surface area contributed by atoms with Crippen molar-refractivity contribution in [2.45, 2.75) is 19.8 Å². The monoisotopic (exact) mass is 287 g/mol. The fourth-order valence-corrected chi connectivity index (χ4v) is 2.96. The van der Waals surface area contributed by atoms with Crippen LogP contribution >= 0.6 is 0 Å². The number of amides is 2. The number of piperidine rings is 1. The van der Waals surface area contributed by atoms with Gasteiger partial charge in [0.1, 0.15) is 0 Å². The Balaban J connectivity index is 1.70. The van der Waals surface area contributed by atoms with Crippen LogP contribution in [0.2, 0.25) is 0 Å². The number of hydrogen-bond donors (Lipinski definition) is 3. The van der Waals surface area contributed by atoms with Crippen LogP contribution in [0.15, 0.2) is 24.3 Å². The number of rotatable bonds is 2. The summed E-state index contributed by atoms with van der Waals surface area (Å²) in [7, 11) is 0. The van der Waals surface area contributed by atoms with Crippen molar-refractivity contribution < 1.29 is 9.90 Å². The lowest BCUT2D eigenvalue weighted by Gasteiger charge is -2.31. The van der Waals surface area contributed by atoms with Crippen molar-refractivity contribution in [2.75, 3.05) is 25.0 Å². The maximum absolute atomic E-state index is 12.3. The second-order valence-corrected chi connectivity index (χ2v) is 5.82. The molecule has 1 aliphatic rings. The van der Waals surface area contributed by atoms with Gasteiger partial charge in [-0.15, -0.1) is 0 Å². The second-order valence-electron chi connectivity index (χ2n) is 5.82. The normalized spacial score (nSPS) is 19.0. The molecule has 112 valence electrons. The molecule has 1 atom stereocenters. The summed E-state index contributed by atoms with van der Waals surface area (Å²) in [5.41, 5.74) is 2.98. The van der Waals surface area contributed by atoms with Gasteiger partial charge in [0.15, 0.2) is 0 Å². The van der Waals surface area contributed by atoms with E-state index in [1.54, 1.807) is 4.90 Å². The molecule has 2 heterocycles. The van der Waals surface area contributed by atoms with Crippen molar-refractivity contribution in [3.8, 4) is 0 Å². The number of aromatic nitrogens is 1. The minimum atomic E-state index is -0.0836. The highest BCUT2D eigenvalue weighted by Gasteiger charge is 2.23. The van der Waals surface area contributed by atoms with Crippen molar-refractivity contribution in [2.24, 2.45) is 5.92 Å². The van der Waals surface area contributed by atoms with Gasteiger partial charge < -0.3 is 20.3 Å². The van der Waals surface area contributed by atoms with Gasteiger partial charge >= 0.3 is 6.03 Å².